The molecule has 1 fully saturated rings. The Hall–Kier alpha value is -3.41. The predicted octanol–water partition coefficient (Wildman–Crippen LogP) is 1.42. The smallest absolute Gasteiger partial charge is 0.407 e. The number of likely N-dealkylation sites (tertiary alicyclic amines) is 1. The van der Waals surface area contributed by atoms with E-state index in [-0.39, 0.29) is 19.5 Å². The van der Waals surface area contributed by atoms with E-state index in [1.165, 1.54) is 11.2 Å². The van der Waals surface area contributed by atoms with Crippen LogP contribution in [0.1, 0.15) is 6.42 Å². The molecule has 3 aromatic rings. The van der Waals surface area contributed by atoms with E-state index in [0.717, 1.165) is 22.3 Å². The van der Waals surface area contributed by atoms with Gasteiger partial charge in [-0.25, -0.2) is 14.8 Å². The van der Waals surface area contributed by atoms with E-state index in [2.05, 4.69) is 26.1 Å². The molecule has 0 spiro atoms. The molecule has 4 rings (SSSR count). The van der Waals surface area contributed by atoms with Crippen LogP contribution >= 0.6 is 0 Å². The largest absolute Gasteiger partial charge is 0.465 e. The first-order valence-electron chi connectivity index (χ1n) is 7.31. The van der Waals surface area contributed by atoms with Crippen LogP contribution in [0.25, 0.3) is 22.3 Å². The van der Waals surface area contributed by atoms with Gasteiger partial charge >= 0.3 is 6.09 Å². The number of nitrogens with zero attached hydrogens (tertiary/aromatic N) is 6. The van der Waals surface area contributed by atoms with Crippen molar-refractivity contribution < 1.29 is 9.90 Å². The van der Waals surface area contributed by atoms with Crippen LogP contribution in [0, 0.1) is 11.3 Å². The summed E-state index contributed by atoms with van der Waals surface area (Å²) in [5, 5.41) is 23.4. The van der Waals surface area contributed by atoms with Gasteiger partial charge in [0.15, 0.2) is 0 Å². The standard InChI is InChI=1S/C15H13N7O2/c16-3-2-15(7-21(8-15)14(23)24)22-6-10(5-20-22)12-11-1-4-17-13(11)19-9-18-12/h1,4-6,9H,2,7-8H2,(H,23,24)(H,17,18,19). The number of aromatic amines is 1. The molecule has 1 amide bonds. The number of rotatable bonds is 3. The minimum atomic E-state index is -0.985. The summed E-state index contributed by atoms with van der Waals surface area (Å²) in [4.78, 5) is 23.8. The molecule has 0 saturated carbocycles. The van der Waals surface area contributed by atoms with Gasteiger partial charge in [-0.05, 0) is 6.07 Å². The fourth-order valence-electron chi connectivity index (χ4n) is 3.09. The fraction of sp³-hybridized carbons (Fsp3) is 0.267. The lowest BCUT2D eigenvalue weighted by Crippen LogP contribution is -2.64. The zero-order chi connectivity index (χ0) is 16.7. The number of carboxylic acid groups (broad SMARTS) is 1. The summed E-state index contributed by atoms with van der Waals surface area (Å²) < 4.78 is 1.69. The van der Waals surface area contributed by atoms with Crippen LogP contribution in [-0.2, 0) is 5.54 Å². The summed E-state index contributed by atoms with van der Waals surface area (Å²) in [5.41, 5.74) is 1.66. The molecule has 9 heteroatoms. The van der Waals surface area contributed by atoms with Crippen LogP contribution in [0.15, 0.2) is 31.0 Å². The number of hydrogen-bond donors (Lipinski definition) is 2. The van der Waals surface area contributed by atoms with Crippen LogP contribution in [-0.4, -0.2) is 53.9 Å². The molecule has 0 atom stereocenters. The number of H-pyrrole nitrogens is 1. The van der Waals surface area contributed by atoms with Gasteiger partial charge in [0.1, 0.15) is 17.5 Å². The molecule has 1 aliphatic heterocycles. The van der Waals surface area contributed by atoms with Crippen LogP contribution < -0.4 is 0 Å². The van der Waals surface area contributed by atoms with Crippen molar-refractivity contribution in [3.8, 4) is 17.3 Å². The van der Waals surface area contributed by atoms with Gasteiger partial charge in [0.25, 0.3) is 0 Å². The molecule has 3 aromatic heterocycles. The quantitative estimate of drug-likeness (QED) is 0.751. The Kier molecular flexibility index (Phi) is 2.99. The van der Waals surface area contributed by atoms with Crippen molar-refractivity contribution in [1.82, 2.24) is 29.6 Å². The van der Waals surface area contributed by atoms with Gasteiger partial charge in [-0.3, -0.25) is 4.68 Å². The molecule has 0 bridgehead atoms. The third kappa shape index (κ3) is 2.00. The number of amides is 1. The number of nitrogens with one attached hydrogen (secondary N) is 1. The second-order valence-corrected chi connectivity index (χ2v) is 5.83. The van der Waals surface area contributed by atoms with E-state index >= 15 is 0 Å². The highest BCUT2D eigenvalue weighted by Crippen LogP contribution is 2.34. The first kappa shape index (κ1) is 14.2. The Morgan fingerprint density at radius 3 is 3.04 bits per heavy atom. The molecule has 0 radical (unpaired) electrons. The van der Waals surface area contributed by atoms with Crippen molar-refractivity contribution in [2.24, 2.45) is 0 Å². The average molecular weight is 323 g/mol. The molecule has 2 N–H and O–H groups in total. The maximum atomic E-state index is 11.0. The van der Waals surface area contributed by atoms with Crippen molar-refractivity contribution in [3.05, 3.63) is 31.0 Å². The number of nitriles is 1. The molecule has 0 aromatic carbocycles. The molecule has 4 heterocycles. The number of aromatic nitrogens is 5. The molecule has 1 saturated heterocycles. The lowest BCUT2D eigenvalue weighted by molar-refractivity contribution is 0.0139. The molecular weight excluding hydrogens is 310 g/mol. The third-order valence-corrected chi connectivity index (χ3v) is 4.34. The number of fused-ring (bicyclic) bond motifs is 1. The lowest BCUT2D eigenvalue weighted by atomic mass is 9.87. The van der Waals surface area contributed by atoms with Gasteiger partial charge in [-0.15, -0.1) is 0 Å². The van der Waals surface area contributed by atoms with Gasteiger partial charge in [-0.2, -0.15) is 10.4 Å². The maximum Gasteiger partial charge on any atom is 0.407 e. The highest BCUT2D eigenvalue weighted by atomic mass is 16.4. The normalized spacial score (nSPS) is 15.9. The molecular formula is C15H13N7O2. The SMILES string of the molecule is N#CCC1(n2cc(-c3ncnc4[nH]ccc34)cn2)CN(C(=O)O)C1. The predicted molar refractivity (Wildman–Crippen MR) is 82.9 cm³/mol. The summed E-state index contributed by atoms with van der Waals surface area (Å²) in [5.74, 6) is 0. The summed E-state index contributed by atoms with van der Waals surface area (Å²) in [6, 6.07) is 4.02. The summed E-state index contributed by atoms with van der Waals surface area (Å²) >= 11 is 0. The number of hydrogen-bond acceptors (Lipinski definition) is 5. The Morgan fingerprint density at radius 2 is 2.29 bits per heavy atom. The average Bonchev–Trinajstić information content (AvgIpc) is 3.18. The highest BCUT2D eigenvalue weighted by Gasteiger charge is 2.47. The minimum absolute atomic E-state index is 0.196. The maximum absolute atomic E-state index is 11.0. The lowest BCUT2D eigenvalue weighted by Gasteiger charge is -2.47. The highest BCUT2D eigenvalue weighted by molar-refractivity contribution is 5.90. The van der Waals surface area contributed by atoms with E-state index in [0.29, 0.717) is 0 Å². The second kappa shape index (κ2) is 5.06. The molecule has 120 valence electrons. The Labute approximate surface area is 136 Å². The Balaban J connectivity index is 1.71. The topological polar surface area (TPSA) is 124 Å². The van der Waals surface area contributed by atoms with Crippen LogP contribution in [0.2, 0.25) is 0 Å². The Bertz CT molecular complexity index is 962. The van der Waals surface area contributed by atoms with E-state index in [1.807, 2.05) is 12.3 Å². The van der Waals surface area contributed by atoms with E-state index in [1.54, 1.807) is 17.1 Å². The van der Waals surface area contributed by atoms with E-state index in [4.69, 9.17) is 10.4 Å². The van der Waals surface area contributed by atoms with Gasteiger partial charge in [0.2, 0.25) is 0 Å². The monoisotopic (exact) mass is 323 g/mol. The minimum Gasteiger partial charge on any atom is -0.465 e. The molecule has 0 aliphatic carbocycles. The Morgan fingerprint density at radius 1 is 1.46 bits per heavy atom. The van der Waals surface area contributed by atoms with Crippen LogP contribution in [0.5, 0.6) is 0 Å². The van der Waals surface area contributed by atoms with Crippen molar-refractivity contribution in [2.45, 2.75) is 12.0 Å². The molecule has 9 nitrogen and oxygen atoms in total. The van der Waals surface area contributed by atoms with Gasteiger partial charge in [0.05, 0.1) is 37.5 Å². The van der Waals surface area contributed by atoms with Crippen molar-refractivity contribution >= 4 is 17.1 Å². The van der Waals surface area contributed by atoms with Crippen LogP contribution in [0.4, 0.5) is 4.79 Å². The number of carbonyl (C=O) groups is 1. The van der Waals surface area contributed by atoms with E-state index in [9.17, 15) is 4.79 Å². The third-order valence-electron chi connectivity index (χ3n) is 4.34. The van der Waals surface area contributed by atoms with Gasteiger partial charge < -0.3 is 15.0 Å². The molecule has 0 unspecified atom stereocenters. The summed E-state index contributed by atoms with van der Waals surface area (Å²) in [6.07, 6.45) is 5.97. The second-order valence-electron chi connectivity index (χ2n) is 5.83. The zero-order valence-electron chi connectivity index (χ0n) is 12.5. The van der Waals surface area contributed by atoms with Crippen molar-refractivity contribution in [1.29, 1.82) is 5.26 Å². The fourth-order valence-corrected chi connectivity index (χ4v) is 3.09. The summed E-state index contributed by atoms with van der Waals surface area (Å²) in [6.45, 7) is 0.501. The van der Waals surface area contributed by atoms with Gasteiger partial charge in [-0.1, -0.05) is 0 Å². The molecule has 24 heavy (non-hydrogen) atoms. The first-order chi connectivity index (χ1) is 11.6. The van der Waals surface area contributed by atoms with E-state index < -0.39 is 11.6 Å². The first-order valence-corrected chi connectivity index (χ1v) is 7.31. The molecule has 1 aliphatic rings. The van der Waals surface area contributed by atoms with Crippen LogP contribution in [0.3, 0.4) is 0 Å². The zero-order valence-corrected chi connectivity index (χ0v) is 12.5. The van der Waals surface area contributed by atoms with Gasteiger partial charge in [0, 0.05) is 23.3 Å². The van der Waals surface area contributed by atoms with Crippen molar-refractivity contribution in [3.63, 3.8) is 0 Å². The van der Waals surface area contributed by atoms with Crippen molar-refractivity contribution in [2.75, 3.05) is 13.1 Å². The summed E-state index contributed by atoms with van der Waals surface area (Å²) in [7, 11) is 0.